The number of methoxy groups -OCH3 is 1. The minimum absolute atomic E-state index is 0.104. The van der Waals surface area contributed by atoms with Gasteiger partial charge in [0.1, 0.15) is 5.54 Å². The fourth-order valence-electron chi connectivity index (χ4n) is 4.42. The second kappa shape index (κ2) is 8.37. The SMILES string of the molecule is COC(=O)C1(NC(=O)CNC2(c3noc(C)n3)CCCCC2)CCCCC1. The van der Waals surface area contributed by atoms with Gasteiger partial charge in [-0.05, 0) is 25.7 Å². The third kappa shape index (κ3) is 4.31. The zero-order valence-electron chi connectivity index (χ0n) is 16.3. The van der Waals surface area contributed by atoms with E-state index in [2.05, 4.69) is 20.8 Å². The summed E-state index contributed by atoms with van der Waals surface area (Å²) in [6, 6.07) is 0. The third-order valence-electron chi connectivity index (χ3n) is 5.91. The molecule has 8 nitrogen and oxygen atoms in total. The molecule has 2 N–H and O–H groups in total. The van der Waals surface area contributed by atoms with Crippen LogP contribution in [0.15, 0.2) is 4.52 Å². The average molecular weight is 378 g/mol. The van der Waals surface area contributed by atoms with Crippen LogP contribution >= 0.6 is 0 Å². The van der Waals surface area contributed by atoms with Crippen molar-refractivity contribution in [2.75, 3.05) is 13.7 Å². The molecule has 2 saturated carbocycles. The maximum atomic E-state index is 12.7. The van der Waals surface area contributed by atoms with E-state index in [1.54, 1.807) is 6.92 Å². The molecule has 2 fully saturated rings. The number of ether oxygens (including phenoxy) is 1. The quantitative estimate of drug-likeness (QED) is 0.730. The summed E-state index contributed by atoms with van der Waals surface area (Å²) in [5.41, 5.74) is -1.34. The zero-order valence-corrected chi connectivity index (χ0v) is 16.3. The van der Waals surface area contributed by atoms with Crippen molar-refractivity contribution < 1.29 is 18.8 Å². The lowest BCUT2D eigenvalue weighted by atomic mass is 9.80. The number of rotatable bonds is 6. The molecule has 27 heavy (non-hydrogen) atoms. The summed E-state index contributed by atoms with van der Waals surface area (Å²) in [5.74, 6) is 0.588. The van der Waals surface area contributed by atoms with Gasteiger partial charge in [0.2, 0.25) is 11.8 Å². The van der Waals surface area contributed by atoms with Crippen molar-refractivity contribution in [1.29, 1.82) is 0 Å². The molecule has 1 aromatic rings. The van der Waals surface area contributed by atoms with E-state index in [0.29, 0.717) is 24.6 Å². The van der Waals surface area contributed by atoms with Gasteiger partial charge in [-0.1, -0.05) is 43.7 Å². The highest BCUT2D eigenvalue weighted by Gasteiger charge is 2.43. The molecular formula is C19H30N4O4. The molecule has 2 aliphatic carbocycles. The highest BCUT2D eigenvalue weighted by Crippen LogP contribution is 2.35. The van der Waals surface area contributed by atoms with Gasteiger partial charge in [0.25, 0.3) is 0 Å². The Kier molecular flexibility index (Phi) is 6.14. The van der Waals surface area contributed by atoms with Crippen molar-refractivity contribution in [2.24, 2.45) is 0 Å². The highest BCUT2D eigenvalue weighted by atomic mass is 16.5. The maximum absolute atomic E-state index is 12.7. The van der Waals surface area contributed by atoms with Gasteiger partial charge in [-0.25, -0.2) is 4.79 Å². The summed E-state index contributed by atoms with van der Waals surface area (Å²) >= 11 is 0. The van der Waals surface area contributed by atoms with E-state index in [9.17, 15) is 9.59 Å². The van der Waals surface area contributed by atoms with Crippen molar-refractivity contribution >= 4 is 11.9 Å². The molecule has 0 spiro atoms. The molecule has 0 aromatic carbocycles. The predicted octanol–water partition coefficient (Wildman–Crippen LogP) is 2.12. The minimum Gasteiger partial charge on any atom is -0.467 e. The van der Waals surface area contributed by atoms with Crippen molar-refractivity contribution in [3.8, 4) is 0 Å². The van der Waals surface area contributed by atoms with Crippen LogP contribution < -0.4 is 10.6 Å². The molecular weight excluding hydrogens is 348 g/mol. The fourth-order valence-corrected chi connectivity index (χ4v) is 4.42. The molecule has 0 unspecified atom stereocenters. The van der Waals surface area contributed by atoms with Gasteiger partial charge in [0.05, 0.1) is 19.2 Å². The van der Waals surface area contributed by atoms with Crippen molar-refractivity contribution in [3.05, 3.63) is 11.7 Å². The number of nitrogens with one attached hydrogen (secondary N) is 2. The van der Waals surface area contributed by atoms with Crippen LogP contribution in [-0.2, 0) is 19.9 Å². The van der Waals surface area contributed by atoms with Crippen LogP contribution in [0.2, 0.25) is 0 Å². The molecule has 0 radical (unpaired) electrons. The summed E-state index contributed by atoms with van der Waals surface area (Å²) < 4.78 is 10.1. The van der Waals surface area contributed by atoms with Crippen LogP contribution in [0.25, 0.3) is 0 Å². The van der Waals surface area contributed by atoms with Crippen LogP contribution in [0.3, 0.4) is 0 Å². The molecule has 8 heteroatoms. The number of hydrogen-bond acceptors (Lipinski definition) is 7. The number of hydrogen-bond donors (Lipinski definition) is 2. The Morgan fingerprint density at radius 3 is 2.26 bits per heavy atom. The number of carbonyl (C=O) groups excluding carboxylic acids is 2. The Balaban J connectivity index is 1.67. The van der Waals surface area contributed by atoms with E-state index in [-0.39, 0.29) is 18.4 Å². The number of esters is 1. The number of aromatic nitrogens is 2. The molecule has 1 heterocycles. The maximum Gasteiger partial charge on any atom is 0.331 e. The first-order valence-corrected chi connectivity index (χ1v) is 9.95. The Hall–Kier alpha value is -1.96. The van der Waals surface area contributed by atoms with Gasteiger partial charge in [-0.2, -0.15) is 4.98 Å². The first-order chi connectivity index (χ1) is 13.0. The number of aryl methyl sites for hydroxylation is 1. The van der Waals surface area contributed by atoms with Crippen molar-refractivity contribution in [2.45, 2.75) is 82.2 Å². The molecule has 150 valence electrons. The van der Waals surface area contributed by atoms with Gasteiger partial charge in [-0.3, -0.25) is 10.1 Å². The smallest absolute Gasteiger partial charge is 0.331 e. The monoisotopic (exact) mass is 378 g/mol. The van der Waals surface area contributed by atoms with Crippen molar-refractivity contribution in [3.63, 3.8) is 0 Å². The topological polar surface area (TPSA) is 106 Å². The van der Waals surface area contributed by atoms with E-state index in [0.717, 1.165) is 51.4 Å². The molecule has 0 bridgehead atoms. The Bertz CT molecular complexity index is 660. The zero-order chi connectivity index (χ0) is 19.3. The van der Waals surface area contributed by atoms with E-state index in [4.69, 9.17) is 9.26 Å². The van der Waals surface area contributed by atoms with E-state index < -0.39 is 11.1 Å². The van der Waals surface area contributed by atoms with Crippen molar-refractivity contribution in [1.82, 2.24) is 20.8 Å². The van der Waals surface area contributed by atoms with Crippen LogP contribution in [0.5, 0.6) is 0 Å². The molecule has 0 saturated heterocycles. The lowest BCUT2D eigenvalue weighted by molar-refractivity contribution is -0.152. The van der Waals surface area contributed by atoms with Gasteiger partial charge < -0.3 is 14.6 Å². The minimum atomic E-state index is -0.895. The van der Waals surface area contributed by atoms with Crippen LogP contribution in [0.1, 0.15) is 75.9 Å². The predicted molar refractivity (Wildman–Crippen MR) is 97.8 cm³/mol. The Morgan fingerprint density at radius 2 is 1.70 bits per heavy atom. The van der Waals surface area contributed by atoms with Crippen LogP contribution in [0.4, 0.5) is 0 Å². The Morgan fingerprint density at radius 1 is 1.07 bits per heavy atom. The first-order valence-electron chi connectivity index (χ1n) is 9.95. The number of amides is 1. The normalized spacial score (nSPS) is 21.4. The number of nitrogens with zero attached hydrogens (tertiary/aromatic N) is 2. The summed E-state index contributed by atoms with van der Waals surface area (Å²) in [6.45, 7) is 1.87. The van der Waals surface area contributed by atoms with Crippen LogP contribution in [0, 0.1) is 6.92 Å². The molecule has 0 aliphatic heterocycles. The second-order valence-corrected chi connectivity index (χ2v) is 7.82. The second-order valence-electron chi connectivity index (χ2n) is 7.82. The summed E-state index contributed by atoms with van der Waals surface area (Å²) in [5, 5.41) is 10.4. The largest absolute Gasteiger partial charge is 0.467 e. The Labute approximate surface area is 159 Å². The van der Waals surface area contributed by atoms with Gasteiger partial charge >= 0.3 is 5.97 Å². The lowest BCUT2D eigenvalue weighted by Gasteiger charge is -2.37. The molecule has 0 atom stereocenters. The average Bonchev–Trinajstić information content (AvgIpc) is 3.14. The number of carbonyl (C=O) groups is 2. The summed E-state index contributed by atoms with van der Waals surface area (Å²) in [4.78, 5) is 29.4. The van der Waals surface area contributed by atoms with Gasteiger partial charge in [-0.15, -0.1) is 0 Å². The lowest BCUT2D eigenvalue weighted by Crippen LogP contribution is -2.59. The van der Waals surface area contributed by atoms with Crippen LogP contribution in [-0.4, -0.2) is 41.2 Å². The highest BCUT2D eigenvalue weighted by molar-refractivity contribution is 5.89. The third-order valence-corrected chi connectivity index (χ3v) is 5.91. The molecule has 1 aromatic heterocycles. The fraction of sp³-hybridized carbons (Fsp3) is 0.789. The van der Waals surface area contributed by atoms with Gasteiger partial charge in [0, 0.05) is 6.92 Å². The van der Waals surface area contributed by atoms with E-state index in [1.165, 1.54) is 7.11 Å². The first kappa shape index (κ1) is 19.8. The standard InChI is InChI=1S/C19H30N4O4/c1-14-21-16(23-27-14)18(9-5-3-6-10-18)20-13-15(24)22-19(17(25)26-2)11-7-4-8-12-19/h20H,3-13H2,1-2H3,(H,22,24). The summed E-state index contributed by atoms with van der Waals surface area (Å²) in [7, 11) is 1.37. The summed E-state index contributed by atoms with van der Waals surface area (Å²) in [6.07, 6.45) is 9.14. The molecule has 1 amide bonds. The molecule has 2 aliphatic rings. The molecule has 3 rings (SSSR count). The van der Waals surface area contributed by atoms with E-state index in [1.807, 2.05) is 0 Å². The van der Waals surface area contributed by atoms with E-state index >= 15 is 0 Å². The van der Waals surface area contributed by atoms with Gasteiger partial charge in [0.15, 0.2) is 5.82 Å².